The van der Waals surface area contributed by atoms with E-state index in [0.717, 1.165) is 29.1 Å². The number of nitrogens with zero attached hydrogens (tertiary/aromatic N) is 1. The number of hydrogen-bond acceptors (Lipinski definition) is 4. The van der Waals surface area contributed by atoms with E-state index in [1.54, 1.807) is 0 Å². The molecule has 1 aromatic carbocycles. The molecule has 1 fully saturated rings. The van der Waals surface area contributed by atoms with Gasteiger partial charge < -0.3 is 10.4 Å². The van der Waals surface area contributed by atoms with Gasteiger partial charge in [-0.05, 0) is 19.8 Å². The molecule has 3 rings (SSSR count). The minimum atomic E-state index is -0.826. The van der Waals surface area contributed by atoms with Crippen molar-refractivity contribution < 1.29 is 14.7 Å². The third kappa shape index (κ3) is 3.82. The first-order chi connectivity index (χ1) is 11.5. The Kier molecular flexibility index (Phi) is 4.94. The van der Waals surface area contributed by atoms with Crippen molar-refractivity contribution in [2.24, 2.45) is 5.92 Å². The highest BCUT2D eigenvalue weighted by Gasteiger charge is 2.33. The fraction of sp³-hybridized carbons (Fsp3) is 0.389. The molecule has 5 nitrogen and oxygen atoms in total. The van der Waals surface area contributed by atoms with Crippen molar-refractivity contribution in [3.8, 4) is 10.6 Å². The molecule has 0 saturated heterocycles. The maximum atomic E-state index is 12.2. The monoisotopic (exact) mass is 344 g/mol. The van der Waals surface area contributed by atoms with Crippen LogP contribution < -0.4 is 5.32 Å². The first-order valence-corrected chi connectivity index (χ1v) is 8.94. The van der Waals surface area contributed by atoms with Crippen molar-refractivity contribution >= 4 is 23.2 Å². The summed E-state index contributed by atoms with van der Waals surface area (Å²) >= 11 is 1.51. The third-order valence-corrected chi connectivity index (χ3v) is 5.31. The Morgan fingerprint density at radius 3 is 2.75 bits per heavy atom. The molecule has 126 valence electrons. The van der Waals surface area contributed by atoms with Gasteiger partial charge in [0.1, 0.15) is 5.01 Å². The summed E-state index contributed by atoms with van der Waals surface area (Å²) in [6.07, 6.45) is 2.39. The Hall–Kier alpha value is -2.21. The number of aromatic nitrogens is 1. The summed E-state index contributed by atoms with van der Waals surface area (Å²) in [5.41, 5.74) is 2.95. The van der Waals surface area contributed by atoms with E-state index in [-0.39, 0.29) is 18.4 Å². The van der Waals surface area contributed by atoms with Gasteiger partial charge in [-0.3, -0.25) is 9.59 Å². The number of carboxylic acids is 1. The minimum Gasteiger partial charge on any atom is -0.481 e. The zero-order valence-corrected chi connectivity index (χ0v) is 14.3. The smallest absolute Gasteiger partial charge is 0.308 e. The van der Waals surface area contributed by atoms with Crippen LogP contribution in [0.5, 0.6) is 0 Å². The van der Waals surface area contributed by atoms with Gasteiger partial charge in [-0.15, -0.1) is 11.3 Å². The first kappa shape index (κ1) is 16.6. The summed E-state index contributed by atoms with van der Waals surface area (Å²) in [7, 11) is 0. The SMILES string of the molecule is Cc1ccc(-c2nc(CC(=O)N[C@@H]3CCC[C@@H]3C(=O)O)cs2)cc1. The van der Waals surface area contributed by atoms with E-state index in [9.17, 15) is 14.7 Å². The van der Waals surface area contributed by atoms with E-state index in [1.807, 2.05) is 36.6 Å². The molecule has 1 amide bonds. The zero-order valence-electron chi connectivity index (χ0n) is 13.5. The standard InChI is InChI=1S/C18H20N2O3S/c1-11-5-7-12(8-6-11)17-19-13(10-24-17)9-16(21)20-15-4-2-3-14(15)18(22)23/h5-8,10,14-15H,2-4,9H2,1H3,(H,20,21)(H,22,23)/t14-,15+/m0/s1. The van der Waals surface area contributed by atoms with Gasteiger partial charge in [0.05, 0.1) is 18.0 Å². The molecule has 2 N–H and O–H groups in total. The van der Waals surface area contributed by atoms with Crippen LogP contribution in [0.15, 0.2) is 29.6 Å². The second kappa shape index (κ2) is 7.13. The van der Waals surface area contributed by atoms with Gasteiger partial charge in [0.2, 0.25) is 5.91 Å². The molecule has 0 bridgehead atoms. The quantitative estimate of drug-likeness (QED) is 0.874. The number of nitrogens with one attached hydrogen (secondary N) is 1. The van der Waals surface area contributed by atoms with Gasteiger partial charge in [0.25, 0.3) is 0 Å². The topological polar surface area (TPSA) is 79.3 Å². The van der Waals surface area contributed by atoms with Crippen LogP contribution in [-0.4, -0.2) is 28.0 Å². The minimum absolute atomic E-state index is 0.158. The molecule has 0 unspecified atom stereocenters. The molecule has 1 aliphatic carbocycles. The van der Waals surface area contributed by atoms with E-state index in [0.29, 0.717) is 6.42 Å². The van der Waals surface area contributed by atoms with Crippen molar-refractivity contribution in [3.05, 3.63) is 40.9 Å². The molecular formula is C18H20N2O3S. The highest BCUT2D eigenvalue weighted by atomic mass is 32.1. The Bertz CT molecular complexity index is 739. The second-order valence-corrected chi connectivity index (χ2v) is 7.09. The maximum absolute atomic E-state index is 12.2. The molecule has 0 radical (unpaired) electrons. The zero-order chi connectivity index (χ0) is 17.1. The molecule has 1 heterocycles. The molecule has 1 aromatic heterocycles. The molecule has 0 spiro atoms. The predicted octanol–water partition coefficient (Wildman–Crippen LogP) is 3.03. The van der Waals surface area contributed by atoms with Crippen LogP contribution in [0.3, 0.4) is 0 Å². The van der Waals surface area contributed by atoms with Gasteiger partial charge in [-0.2, -0.15) is 0 Å². The molecule has 24 heavy (non-hydrogen) atoms. The van der Waals surface area contributed by atoms with Gasteiger partial charge in [-0.25, -0.2) is 4.98 Å². The number of rotatable bonds is 5. The summed E-state index contributed by atoms with van der Waals surface area (Å²) in [5.74, 6) is -1.45. The number of hydrogen-bond donors (Lipinski definition) is 2. The number of carboxylic acid groups (broad SMARTS) is 1. The first-order valence-electron chi connectivity index (χ1n) is 8.06. The van der Waals surface area contributed by atoms with Gasteiger partial charge >= 0.3 is 5.97 Å². The summed E-state index contributed by atoms with van der Waals surface area (Å²) < 4.78 is 0. The van der Waals surface area contributed by atoms with E-state index >= 15 is 0 Å². The summed E-state index contributed by atoms with van der Waals surface area (Å²) in [6.45, 7) is 2.04. The number of amides is 1. The van der Waals surface area contributed by atoms with Crippen molar-refractivity contribution in [1.82, 2.24) is 10.3 Å². The largest absolute Gasteiger partial charge is 0.481 e. The number of aryl methyl sites for hydroxylation is 1. The molecule has 6 heteroatoms. The summed E-state index contributed by atoms with van der Waals surface area (Å²) in [4.78, 5) is 27.9. The lowest BCUT2D eigenvalue weighted by Gasteiger charge is -2.17. The summed E-state index contributed by atoms with van der Waals surface area (Å²) in [5, 5.41) is 14.8. The van der Waals surface area contributed by atoms with Gasteiger partial charge in [0, 0.05) is 17.0 Å². The number of aliphatic carboxylic acids is 1. The number of thiazole rings is 1. The number of carbonyl (C=O) groups excluding carboxylic acids is 1. The van der Waals surface area contributed by atoms with Crippen molar-refractivity contribution in [1.29, 1.82) is 0 Å². The highest BCUT2D eigenvalue weighted by Crippen LogP contribution is 2.26. The van der Waals surface area contributed by atoms with E-state index in [1.165, 1.54) is 16.9 Å². The Morgan fingerprint density at radius 2 is 2.04 bits per heavy atom. The van der Waals surface area contributed by atoms with Crippen LogP contribution in [0.4, 0.5) is 0 Å². The fourth-order valence-corrected chi connectivity index (χ4v) is 3.89. The Labute approximate surface area is 144 Å². The van der Waals surface area contributed by atoms with E-state index in [2.05, 4.69) is 10.3 Å². The fourth-order valence-electron chi connectivity index (χ4n) is 3.07. The lowest BCUT2D eigenvalue weighted by Crippen LogP contribution is -2.40. The van der Waals surface area contributed by atoms with Crippen LogP contribution in [0.25, 0.3) is 10.6 Å². The highest BCUT2D eigenvalue weighted by molar-refractivity contribution is 7.13. The number of carbonyl (C=O) groups is 2. The molecule has 0 aliphatic heterocycles. The average Bonchev–Trinajstić information content (AvgIpc) is 3.17. The maximum Gasteiger partial charge on any atom is 0.308 e. The van der Waals surface area contributed by atoms with Crippen LogP contribution >= 0.6 is 11.3 Å². The Morgan fingerprint density at radius 1 is 1.29 bits per heavy atom. The Balaban J connectivity index is 1.61. The lowest BCUT2D eigenvalue weighted by molar-refractivity contribution is -0.142. The average molecular weight is 344 g/mol. The second-order valence-electron chi connectivity index (χ2n) is 6.24. The van der Waals surface area contributed by atoms with Crippen LogP contribution in [-0.2, 0) is 16.0 Å². The van der Waals surface area contributed by atoms with Crippen LogP contribution in [0, 0.1) is 12.8 Å². The van der Waals surface area contributed by atoms with E-state index in [4.69, 9.17) is 0 Å². The third-order valence-electron chi connectivity index (χ3n) is 4.37. The molecule has 1 aliphatic rings. The van der Waals surface area contributed by atoms with Crippen LogP contribution in [0.1, 0.15) is 30.5 Å². The van der Waals surface area contributed by atoms with Gasteiger partial charge in [0.15, 0.2) is 0 Å². The molecular weight excluding hydrogens is 324 g/mol. The normalized spacial score (nSPS) is 20.0. The van der Waals surface area contributed by atoms with Crippen LogP contribution in [0.2, 0.25) is 0 Å². The summed E-state index contributed by atoms with van der Waals surface area (Å²) in [6, 6.07) is 7.86. The van der Waals surface area contributed by atoms with Gasteiger partial charge in [-0.1, -0.05) is 36.2 Å². The predicted molar refractivity (Wildman–Crippen MR) is 92.9 cm³/mol. The lowest BCUT2D eigenvalue weighted by atomic mass is 10.0. The number of benzene rings is 1. The van der Waals surface area contributed by atoms with Crippen molar-refractivity contribution in [2.75, 3.05) is 0 Å². The van der Waals surface area contributed by atoms with Crippen molar-refractivity contribution in [2.45, 2.75) is 38.6 Å². The molecule has 2 atom stereocenters. The van der Waals surface area contributed by atoms with Crippen molar-refractivity contribution in [3.63, 3.8) is 0 Å². The molecule has 2 aromatic rings. The van der Waals surface area contributed by atoms with E-state index < -0.39 is 11.9 Å². The molecule has 1 saturated carbocycles.